The minimum absolute atomic E-state index is 0.0237. The first-order chi connectivity index (χ1) is 16.5. The number of Topliss-reactive ketones (excluding diaryl/α,β-unsaturated/α-hetero) is 1. The van der Waals surface area contributed by atoms with E-state index in [2.05, 4.69) is 6.58 Å². The number of amides is 1. The second-order valence-electron chi connectivity index (χ2n) is 7.90. The third-order valence-corrected chi connectivity index (χ3v) is 5.71. The van der Waals surface area contributed by atoms with Gasteiger partial charge in [0.1, 0.15) is 23.9 Å². The molecule has 1 N–H and O–H groups in total. The van der Waals surface area contributed by atoms with Gasteiger partial charge in [0, 0.05) is 12.1 Å². The molecule has 3 aromatic carbocycles. The molecule has 0 spiro atoms. The second-order valence-corrected chi connectivity index (χ2v) is 7.90. The number of hydrogen-bond donors (Lipinski definition) is 1. The summed E-state index contributed by atoms with van der Waals surface area (Å²) in [7, 11) is 0. The highest BCUT2D eigenvalue weighted by Gasteiger charge is 2.45. The van der Waals surface area contributed by atoms with Gasteiger partial charge in [0.2, 0.25) is 0 Å². The minimum Gasteiger partial charge on any atom is -0.507 e. The number of benzene rings is 3. The molecule has 1 fully saturated rings. The highest BCUT2D eigenvalue weighted by Crippen LogP contribution is 2.40. The summed E-state index contributed by atoms with van der Waals surface area (Å²) >= 11 is 0. The van der Waals surface area contributed by atoms with Crippen molar-refractivity contribution >= 4 is 17.4 Å². The van der Waals surface area contributed by atoms with Crippen LogP contribution in [0.25, 0.3) is 5.76 Å². The number of likely N-dealkylation sites (tertiary alicyclic amines) is 1. The summed E-state index contributed by atoms with van der Waals surface area (Å²) in [6.07, 6.45) is 2.18. The molecule has 172 valence electrons. The fraction of sp³-hybridized carbons (Fsp3) is 0.143. The molecular formula is C28H24FNO4. The van der Waals surface area contributed by atoms with Crippen molar-refractivity contribution in [3.8, 4) is 5.75 Å². The van der Waals surface area contributed by atoms with Crippen molar-refractivity contribution in [1.82, 2.24) is 4.90 Å². The van der Waals surface area contributed by atoms with Gasteiger partial charge in [-0.1, -0.05) is 55.1 Å². The zero-order chi connectivity index (χ0) is 24.1. The van der Waals surface area contributed by atoms with Crippen LogP contribution in [-0.4, -0.2) is 34.8 Å². The van der Waals surface area contributed by atoms with Crippen molar-refractivity contribution in [2.45, 2.75) is 12.5 Å². The van der Waals surface area contributed by atoms with E-state index in [1.54, 1.807) is 30.3 Å². The SMILES string of the molecule is C=CCOc1ccc(C2C(=C(O)c3ccc(F)cc3)C(=O)C(=O)N2CCc2ccccc2)cc1. The zero-order valence-electron chi connectivity index (χ0n) is 18.5. The summed E-state index contributed by atoms with van der Waals surface area (Å²) in [5, 5.41) is 11.0. The van der Waals surface area contributed by atoms with Gasteiger partial charge in [-0.05, 0) is 53.9 Å². The lowest BCUT2D eigenvalue weighted by atomic mass is 9.95. The molecule has 1 amide bonds. The normalized spacial score (nSPS) is 17.1. The van der Waals surface area contributed by atoms with Gasteiger partial charge in [-0.3, -0.25) is 9.59 Å². The van der Waals surface area contributed by atoms with Gasteiger partial charge in [-0.15, -0.1) is 0 Å². The molecule has 5 nitrogen and oxygen atoms in total. The quantitative estimate of drug-likeness (QED) is 0.222. The predicted molar refractivity (Wildman–Crippen MR) is 128 cm³/mol. The van der Waals surface area contributed by atoms with Crippen molar-refractivity contribution in [2.75, 3.05) is 13.2 Å². The Morgan fingerprint density at radius 1 is 1.00 bits per heavy atom. The summed E-state index contributed by atoms with van der Waals surface area (Å²) in [6, 6.07) is 21.0. The van der Waals surface area contributed by atoms with Crippen LogP contribution in [-0.2, 0) is 16.0 Å². The summed E-state index contributed by atoms with van der Waals surface area (Å²) in [5.41, 5.74) is 1.92. The van der Waals surface area contributed by atoms with Crippen molar-refractivity contribution in [3.63, 3.8) is 0 Å². The van der Waals surface area contributed by atoms with E-state index in [0.29, 0.717) is 24.3 Å². The van der Waals surface area contributed by atoms with Gasteiger partial charge in [-0.25, -0.2) is 4.39 Å². The number of aliphatic hydroxyl groups excluding tert-OH is 1. The van der Waals surface area contributed by atoms with E-state index in [0.717, 1.165) is 5.56 Å². The lowest BCUT2D eigenvalue weighted by Gasteiger charge is -2.25. The molecule has 34 heavy (non-hydrogen) atoms. The molecule has 0 bridgehead atoms. The molecule has 1 aliphatic rings. The maximum Gasteiger partial charge on any atom is 0.295 e. The van der Waals surface area contributed by atoms with Gasteiger partial charge in [0.15, 0.2) is 0 Å². The van der Waals surface area contributed by atoms with Gasteiger partial charge in [-0.2, -0.15) is 0 Å². The molecule has 0 radical (unpaired) electrons. The standard InChI is InChI=1S/C28H24FNO4/c1-2-18-34-23-14-10-20(11-15-23)25-24(26(31)21-8-12-22(29)13-9-21)27(32)28(33)30(25)17-16-19-6-4-3-5-7-19/h2-15,25,31H,1,16-18H2. The smallest absolute Gasteiger partial charge is 0.295 e. The van der Waals surface area contributed by atoms with Crippen molar-refractivity contribution in [1.29, 1.82) is 0 Å². The molecule has 4 rings (SSSR count). The van der Waals surface area contributed by atoms with E-state index in [9.17, 15) is 19.1 Å². The van der Waals surface area contributed by atoms with Gasteiger partial charge >= 0.3 is 0 Å². The monoisotopic (exact) mass is 457 g/mol. The van der Waals surface area contributed by atoms with Crippen molar-refractivity contribution in [2.24, 2.45) is 0 Å². The van der Waals surface area contributed by atoms with Gasteiger partial charge in [0.25, 0.3) is 11.7 Å². The average molecular weight is 458 g/mol. The van der Waals surface area contributed by atoms with Crippen LogP contribution in [0.4, 0.5) is 4.39 Å². The Morgan fingerprint density at radius 3 is 2.32 bits per heavy atom. The highest BCUT2D eigenvalue weighted by molar-refractivity contribution is 6.46. The number of carbonyl (C=O) groups is 2. The summed E-state index contributed by atoms with van der Waals surface area (Å²) in [4.78, 5) is 27.6. The van der Waals surface area contributed by atoms with E-state index in [-0.39, 0.29) is 23.4 Å². The fourth-order valence-electron chi connectivity index (χ4n) is 4.02. The molecule has 3 aromatic rings. The Bertz CT molecular complexity index is 1220. The maximum absolute atomic E-state index is 13.4. The number of hydrogen-bond acceptors (Lipinski definition) is 4. The number of nitrogens with zero attached hydrogens (tertiary/aromatic N) is 1. The largest absolute Gasteiger partial charge is 0.507 e. The van der Waals surface area contributed by atoms with Crippen LogP contribution in [0.5, 0.6) is 5.75 Å². The van der Waals surface area contributed by atoms with Crippen LogP contribution < -0.4 is 4.74 Å². The molecule has 0 saturated carbocycles. The number of rotatable bonds is 8. The van der Waals surface area contributed by atoms with E-state index in [1.165, 1.54) is 29.2 Å². The van der Waals surface area contributed by atoms with Crippen molar-refractivity contribution in [3.05, 3.63) is 120 Å². The van der Waals surface area contributed by atoms with Crippen LogP contribution in [0.15, 0.2) is 97.1 Å². The molecule has 1 atom stereocenters. The first-order valence-electron chi connectivity index (χ1n) is 10.9. The van der Waals surface area contributed by atoms with E-state index in [1.807, 2.05) is 30.3 Å². The average Bonchev–Trinajstić information content (AvgIpc) is 3.12. The molecule has 1 heterocycles. The first kappa shape index (κ1) is 23.0. The fourth-order valence-corrected chi connectivity index (χ4v) is 4.02. The number of ketones is 1. The predicted octanol–water partition coefficient (Wildman–Crippen LogP) is 5.05. The molecule has 1 unspecified atom stereocenters. The second kappa shape index (κ2) is 10.2. The Kier molecular flexibility index (Phi) is 6.87. The van der Waals surface area contributed by atoms with Crippen LogP contribution in [0, 0.1) is 5.82 Å². The molecule has 6 heteroatoms. The summed E-state index contributed by atoms with van der Waals surface area (Å²) < 4.78 is 19.0. The molecule has 1 saturated heterocycles. The Labute approximate surface area is 197 Å². The zero-order valence-corrected chi connectivity index (χ0v) is 18.5. The maximum atomic E-state index is 13.4. The topological polar surface area (TPSA) is 66.8 Å². The third kappa shape index (κ3) is 4.76. The van der Waals surface area contributed by atoms with E-state index >= 15 is 0 Å². The van der Waals surface area contributed by atoms with Gasteiger partial charge < -0.3 is 14.7 Å². The Hall–Kier alpha value is -4.19. The lowest BCUT2D eigenvalue weighted by molar-refractivity contribution is -0.139. The first-order valence-corrected chi connectivity index (χ1v) is 10.9. The number of ether oxygens (including phenoxy) is 1. The molecule has 0 aliphatic carbocycles. The van der Waals surface area contributed by atoms with Gasteiger partial charge in [0.05, 0.1) is 11.6 Å². The number of aliphatic hydroxyl groups is 1. The van der Waals surface area contributed by atoms with Crippen molar-refractivity contribution < 1.29 is 23.8 Å². The van der Waals surface area contributed by atoms with Crippen LogP contribution in [0.1, 0.15) is 22.7 Å². The third-order valence-electron chi connectivity index (χ3n) is 5.71. The highest BCUT2D eigenvalue weighted by atomic mass is 19.1. The Morgan fingerprint density at radius 2 is 1.68 bits per heavy atom. The number of halogens is 1. The van der Waals surface area contributed by atoms with Crippen LogP contribution in [0.3, 0.4) is 0 Å². The summed E-state index contributed by atoms with van der Waals surface area (Å²) in [6.45, 7) is 4.26. The van der Waals surface area contributed by atoms with Crippen LogP contribution >= 0.6 is 0 Å². The van der Waals surface area contributed by atoms with E-state index < -0.39 is 23.5 Å². The molecular weight excluding hydrogens is 433 g/mol. The molecule has 1 aliphatic heterocycles. The van der Waals surface area contributed by atoms with Crippen LogP contribution in [0.2, 0.25) is 0 Å². The summed E-state index contributed by atoms with van der Waals surface area (Å²) in [5.74, 6) is -1.64. The lowest BCUT2D eigenvalue weighted by Crippen LogP contribution is -2.31. The minimum atomic E-state index is -0.790. The van der Waals surface area contributed by atoms with E-state index in [4.69, 9.17) is 4.74 Å². The molecule has 0 aromatic heterocycles. The Balaban J connectivity index is 1.75. The number of carbonyl (C=O) groups excluding carboxylic acids is 2.